The maximum absolute atomic E-state index is 12.7. The molecule has 204 valence electrons. The van der Waals surface area contributed by atoms with Crippen LogP contribution in [0.3, 0.4) is 0 Å². The quantitative estimate of drug-likeness (QED) is 0.383. The lowest BCUT2D eigenvalue weighted by Crippen LogP contribution is -2.43. The van der Waals surface area contributed by atoms with Gasteiger partial charge in [-0.1, -0.05) is 12.1 Å². The molecule has 2 heterocycles. The maximum atomic E-state index is 12.7. The number of likely N-dealkylation sites (N-methyl/N-ethyl adjacent to an activating group) is 1. The number of ether oxygens (including phenoxy) is 2. The molecule has 4 N–H and O–H groups in total. The monoisotopic (exact) mass is 531 g/mol. The molecule has 1 aromatic heterocycles. The fraction of sp³-hybridized carbons (Fsp3) is 0.357. The number of benzene rings is 2. The number of rotatable bonds is 9. The lowest BCUT2D eigenvalue weighted by Gasteiger charge is -2.32. The van der Waals surface area contributed by atoms with E-state index >= 15 is 0 Å². The molecule has 0 radical (unpaired) electrons. The molecule has 2 aliphatic rings. The van der Waals surface area contributed by atoms with Gasteiger partial charge in [-0.05, 0) is 37.7 Å². The normalized spacial score (nSPS) is 19.2. The van der Waals surface area contributed by atoms with Crippen molar-refractivity contribution in [2.75, 3.05) is 51.0 Å². The first-order valence-electron chi connectivity index (χ1n) is 12.9. The van der Waals surface area contributed by atoms with E-state index in [4.69, 9.17) is 15.2 Å². The van der Waals surface area contributed by atoms with Crippen molar-refractivity contribution < 1.29 is 19.1 Å². The summed E-state index contributed by atoms with van der Waals surface area (Å²) >= 11 is 0. The van der Waals surface area contributed by atoms with E-state index in [1.54, 1.807) is 43.6 Å². The molecule has 3 aromatic rings. The molecule has 1 saturated heterocycles. The minimum absolute atomic E-state index is 0.00372. The fourth-order valence-electron chi connectivity index (χ4n) is 4.68. The van der Waals surface area contributed by atoms with Gasteiger partial charge >= 0.3 is 12.0 Å². The van der Waals surface area contributed by atoms with Gasteiger partial charge in [-0.3, -0.25) is 9.69 Å². The van der Waals surface area contributed by atoms with Crippen molar-refractivity contribution in [1.29, 1.82) is 0 Å². The zero-order valence-corrected chi connectivity index (χ0v) is 22.1. The van der Waals surface area contributed by atoms with Crippen molar-refractivity contribution in [3.63, 3.8) is 0 Å². The molecule has 1 aliphatic carbocycles. The van der Waals surface area contributed by atoms with Crippen LogP contribution in [-0.4, -0.2) is 72.0 Å². The predicted octanol–water partition coefficient (Wildman–Crippen LogP) is 3.26. The summed E-state index contributed by atoms with van der Waals surface area (Å²) < 4.78 is 11.4. The zero-order valence-electron chi connectivity index (χ0n) is 22.1. The maximum Gasteiger partial charge on any atom is 0.323 e. The Bertz CT molecular complexity index is 1340. The van der Waals surface area contributed by atoms with Gasteiger partial charge in [0.2, 0.25) is 5.91 Å². The summed E-state index contributed by atoms with van der Waals surface area (Å²) in [6.45, 7) is 4.92. The van der Waals surface area contributed by atoms with Gasteiger partial charge in [0.15, 0.2) is 0 Å². The number of carbonyl (C=O) groups is 2. The highest BCUT2D eigenvalue weighted by atomic mass is 16.5. The number of nitrogens with one attached hydrogen (secondary N) is 2. The number of amides is 3. The number of piperazine rings is 1. The zero-order chi connectivity index (χ0) is 27.4. The fourth-order valence-corrected chi connectivity index (χ4v) is 4.68. The minimum atomic E-state index is -0.398. The highest BCUT2D eigenvalue weighted by Crippen LogP contribution is 2.46. The Morgan fingerprint density at radius 1 is 1.05 bits per heavy atom. The predicted molar refractivity (Wildman–Crippen MR) is 147 cm³/mol. The van der Waals surface area contributed by atoms with E-state index in [0.29, 0.717) is 23.5 Å². The van der Waals surface area contributed by atoms with E-state index < -0.39 is 6.03 Å². The molecule has 39 heavy (non-hydrogen) atoms. The number of anilines is 2. The molecule has 5 rings (SSSR count). The van der Waals surface area contributed by atoms with Crippen molar-refractivity contribution in [3.8, 4) is 17.5 Å². The van der Waals surface area contributed by atoms with Gasteiger partial charge in [-0.2, -0.15) is 4.98 Å². The summed E-state index contributed by atoms with van der Waals surface area (Å²) in [4.78, 5) is 37.4. The van der Waals surface area contributed by atoms with Crippen LogP contribution in [0, 0.1) is 5.92 Å². The van der Waals surface area contributed by atoms with Gasteiger partial charge in [-0.15, -0.1) is 0 Å². The van der Waals surface area contributed by atoms with Gasteiger partial charge in [0.05, 0.1) is 12.8 Å². The van der Waals surface area contributed by atoms with Gasteiger partial charge in [0.1, 0.15) is 11.5 Å². The summed E-state index contributed by atoms with van der Waals surface area (Å²) in [5.74, 6) is 0.689. The van der Waals surface area contributed by atoms with Crippen LogP contribution in [0.1, 0.15) is 23.6 Å². The molecule has 11 nitrogen and oxygen atoms in total. The van der Waals surface area contributed by atoms with Crippen molar-refractivity contribution >= 4 is 23.3 Å². The third-order valence-electron chi connectivity index (χ3n) is 7.03. The Morgan fingerprint density at radius 2 is 1.82 bits per heavy atom. The first-order chi connectivity index (χ1) is 18.9. The number of primary amides is 1. The van der Waals surface area contributed by atoms with E-state index in [1.165, 1.54) is 0 Å². The highest BCUT2D eigenvalue weighted by molar-refractivity contribution is 6.00. The summed E-state index contributed by atoms with van der Waals surface area (Å²) in [5.41, 5.74) is 8.35. The van der Waals surface area contributed by atoms with E-state index in [1.807, 2.05) is 18.2 Å². The topological polar surface area (TPSA) is 135 Å². The molecule has 2 atom stereocenters. The molecule has 1 saturated carbocycles. The molecular formula is C28H33N7O4. The van der Waals surface area contributed by atoms with Gasteiger partial charge in [0, 0.05) is 79.8 Å². The average Bonchev–Trinajstić information content (AvgIpc) is 3.73. The SMILES string of the molecule is COc1cc(NC(=O)Nc2cccc(Oc3nccc(C4CC4C(N)=O)n3)c2)ccc1CN1CCN(C)CC1. The second kappa shape index (κ2) is 11.7. The lowest BCUT2D eigenvalue weighted by atomic mass is 10.1. The van der Waals surface area contributed by atoms with E-state index in [9.17, 15) is 9.59 Å². The minimum Gasteiger partial charge on any atom is -0.496 e. The number of urea groups is 1. The van der Waals surface area contributed by atoms with Crippen LogP contribution in [0.25, 0.3) is 0 Å². The Labute approximate surface area is 227 Å². The average molecular weight is 532 g/mol. The molecule has 1 aliphatic heterocycles. The van der Waals surface area contributed by atoms with Crippen LogP contribution in [0.15, 0.2) is 54.7 Å². The molecule has 2 fully saturated rings. The Hall–Kier alpha value is -4.22. The summed E-state index contributed by atoms with van der Waals surface area (Å²) in [6.07, 6.45) is 2.28. The van der Waals surface area contributed by atoms with Crippen LogP contribution < -0.4 is 25.8 Å². The third kappa shape index (κ3) is 6.81. The van der Waals surface area contributed by atoms with E-state index in [0.717, 1.165) is 49.7 Å². The van der Waals surface area contributed by atoms with Crippen LogP contribution >= 0.6 is 0 Å². The van der Waals surface area contributed by atoms with Crippen LogP contribution in [0.4, 0.5) is 16.2 Å². The van der Waals surface area contributed by atoms with Crippen molar-refractivity contribution in [2.45, 2.75) is 18.9 Å². The number of hydrogen-bond donors (Lipinski definition) is 3. The number of hydrogen-bond acceptors (Lipinski definition) is 8. The van der Waals surface area contributed by atoms with E-state index in [2.05, 4.69) is 37.4 Å². The number of carbonyl (C=O) groups excluding carboxylic acids is 2. The summed E-state index contributed by atoms with van der Waals surface area (Å²) in [7, 11) is 3.77. The molecule has 0 spiro atoms. The molecule has 11 heteroatoms. The molecule has 2 unspecified atom stereocenters. The standard InChI is InChI=1S/C28H33N7O4/c1-34-10-12-35(13-11-34)17-18-6-7-20(15-25(18)38-2)32-27(37)31-19-4-3-5-21(14-19)39-28-30-9-8-24(33-28)22-16-23(22)26(29)36/h3-9,14-15,22-23H,10-13,16-17H2,1-2H3,(H2,29,36)(H2,31,32,37). The highest BCUT2D eigenvalue weighted by Gasteiger charge is 2.44. The Kier molecular flexibility index (Phi) is 7.89. The van der Waals surface area contributed by atoms with Gasteiger partial charge < -0.3 is 30.7 Å². The number of methoxy groups -OCH3 is 1. The Balaban J connectivity index is 1.18. The number of nitrogens with two attached hydrogens (primary N) is 1. The van der Waals surface area contributed by atoms with Crippen molar-refractivity contribution in [2.24, 2.45) is 11.7 Å². The van der Waals surface area contributed by atoms with Gasteiger partial charge in [-0.25, -0.2) is 9.78 Å². The van der Waals surface area contributed by atoms with E-state index in [-0.39, 0.29) is 23.8 Å². The van der Waals surface area contributed by atoms with Crippen LogP contribution in [0.2, 0.25) is 0 Å². The first-order valence-corrected chi connectivity index (χ1v) is 12.9. The Morgan fingerprint density at radius 3 is 2.54 bits per heavy atom. The van der Waals surface area contributed by atoms with Crippen LogP contribution in [0.5, 0.6) is 17.5 Å². The summed E-state index contributed by atoms with van der Waals surface area (Å²) in [6, 6.07) is 14.2. The second-order valence-electron chi connectivity index (χ2n) is 9.93. The second-order valence-corrected chi connectivity index (χ2v) is 9.93. The number of aromatic nitrogens is 2. The first kappa shape index (κ1) is 26.4. The molecule has 0 bridgehead atoms. The van der Waals surface area contributed by atoms with Gasteiger partial charge in [0.25, 0.3) is 0 Å². The molecule has 3 amide bonds. The third-order valence-corrected chi connectivity index (χ3v) is 7.03. The number of nitrogens with zero attached hydrogens (tertiary/aromatic N) is 4. The smallest absolute Gasteiger partial charge is 0.323 e. The largest absolute Gasteiger partial charge is 0.496 e. The lowest BCUT2D eigenvalue weighted by molar-refractivity contribution is -0.119. The van der Waals surface area contributed by atoms with Crippen molar-refractivity contribution in [3.05, 3.63) is 66.0 Å². The summed E-state index contributed by atoms with van der Waals surface area (Å²) in [5, 5.41) is 5.68. The molecular weight excluding hydrogens is 498 g/mol. The van der Waals surface area contributed by atoms with Crippen LogP contribution in [-0.2, 0) is 11.3 Å². The van der Waals surface area contributed by atoms with Crippen molar-refractivity contribution in [1.82, 2.24) is 19.8 Å². The molecule has 2 aromatic carbocycles.